The summed E-state index contributed by atoms with van der Waals surface area (Å²) in [5.74, 6) is -11.9. The van der Waals surface area contributed by atoms with Crippen LogP contribution in [0.2, 0.25) is 0 Å². The van der Waals surface area contributed by atoms with E-state index in [0.717, 1.165) is 0 Å². The van der Waals surface area contributed by atoms with Crippen LogP contribution in [0.25, 0.3) is 23.3 Å². The van der Waals surface area contributed by atoms with Gasteiger partial charge in [-0.25, -0.2) is 19.2 Å². The molecule has 0 heterocycles. The number of rotatable bonds is 23. The number of carbonyl (C=O) groups is 4. The standard InChI is InChI=1S/C56H45F10NO10/c57-53(58,55(61,62)63)29-3-31-72-43-22-13-38(14-23-43)51(70)76-45-18-7-36(8-19-45)11-27-49(68)74-34-40-5-1-2-6-47(40)48-26-17-42(67)33-41(48)35-75-50(69)28-12-37-9-20-46(21-10-37)77-52(71)39-15-24-44(25-16-39)73-32-4-30-54(59,60)56(64,65)66/h1-2,5-28,33H,3-4,29-32,34-35,67H2/b27-11+,28-12+. The molecule has 0 radical (unpaired) electrons. The lowest BCUT2D eigenvalue weighted by atomic mass is 9.95. The highest BCUT2D eigenvalue weighted by atomic mass is 19.4. The lowest BCUT2D eigenvalue weighted by molar-refractivity contribution is -0.284. The fraction of sp³-hybridized carbons (Fsp3) is 0.214. The minimum Gasteiger partial charge on any atom is -0.494 e. The number of hydrogen-bond donors (Lipinski definition) is 1. The van der Waals surface area contributed by atoms with Gasteiger partial charge >= 0.3 is 48.1 Å². The van der Waals surface area contributed by atoms with E-state index in [1.807, 2.05) is 0 Å². The maximum absolute atomic E-state index is 13.1. The average molecular weight is 1080 g/mol. The smallest absolute Gasteiger partial charge is 0.453 e. The molecule has 0 unspecified atom stereocenters. The van der Waals surface area contributed by atoms with Crippen LogP contribution < -0.4 is 24.7 Å². The molecule has 0 aromatic heterocycles. The van der Waals surface area contributed by atoms with Crippen molar-refractivity contribution in [1.29, 1.82) is 0 Å². The number of halogens is 10. The average Bonchev–Trinajstić information content (AvgIpc) is 3.39. The van der Waals surface area contributed by atoms with Crippen molar-refractivity contribution in [2.75, 3.05) is 18.9 Å². The summed E-state index contributed by atoms with van der Waals surface area (Å²) in [6.45, 7) is -1.11. The van der Waals surface area contributed by atoms with E-state index in [2.05, 4.69) is 0 Å². The first-order valence-electron chi connectivity index (χ1n) is 23.1. The third kappa shape index (κ3) is 17.2. The molecular weight excluding hydrogens is 1040 g/mol. The van der Waals surface area contributed by atoms with Gasteiger partial charge in [0, 0.05) is 30.7 Å². The van der Waals surface area contributed by atoms with Crippen molar-refractivity contribution in [3.8, 4) is 34.1 Å². The van der Waals surface area contributed by atoms with Gasteiger partial charge in [0.15, 0.2) is 0 Å². The van der Waals surface area contributed by atoms with Gasteiger partial charge in [0.1, 0.15) is 36.2 Å². The van der Waals surface area contributed by atoms with E-state index in [0.29, 0.717) is 39.1 Å². The van der Waals surface area contributed by atoms with Gasteiger partial charge in [-0.05, 0) is 143 Å². The van der Waals surface area contributed by atoms with Crippen LogP contribution in [0.1, 0.15) is 68.7 Å². The second kappa shape index (κ2) is 25.7. The van der Waals surface area contributed by atoms with Gasteiger partial charge in [-0.3, -0.25) is 0 Å². The van der Waals surface area contributed by atoms with Crippen LogP contribution in [0.4, 0.5) is 49.6 Å². The fourth-order valence-electron chi connectivity index (χ4n) is 6.88. The van der Waals surface area contributed by atoms with Crippen molar-refractivity contribution in [3.05, 3.63) is 185 Å². The van der Waals surface area contributed by atoms with Gasteiger partial charge in [-0.15, -0.1) is 0 Å². The quantitative estimate of drug-likeness (QED) is 0.0163. The zero-order chi connectivity index (χ0) is 55.8. The van der Waals surface area contributed by atoms with Crippen LogP contribution >= 0.6 is 0 Å². The molecule has 21 heteroatoms. The largest absolute Gasteiger partial charge is 0.494 e. The van der Waals surface area contributed by atoms with Crippen LogP contribution in [0.15, 0.2) is 152 Å². The summed E-state index contributed by atoms with van der Waals surface area (Å²) in [5, 5.41) is 0. The molecule has 0 aliphatic carbocycles. The Morgan fingerprint density at radius 2 is 0.844 bits per heavy atom. The maximum Gasteiger partial charge on any atom is 0.453 e. The van der Waals surface area contributed by atoms with E-state index in [4.69, 9.17) is 34.2 Å². The van der Waals surface area contributed by atoms with Crippen LogP contribution in [-0.2, 0) is 32.3 Å². The van der Waals surface area contributed by atoms with E-state index in [1.54, 1.807) is 66.7 Å². The van der Waals surface area contributed by atoms with Crippen LogP contribution in [-0.4, -0.2) is 61.3 Å². The molecule has 0 amide bonds. The number of nitrogens with two attached hydrogens (primary N) is 1. The molecule has 2 N–H and O–H groups in total. The second-order valence-corrected chi connectivity index (χ2v) is 16.7. The second-order valence-electron chi connectivity index (χ2n) is 16.7. The molecule has 404 valence electrons. The first kappa shape index (κ1) is 57.7. The first-order valence-corrected chi connectivity index (χ1v) is 23.1. The fourth-order valence-corrected chi connectivity index (χ4v) is 6.88. The zero-order valence-corrected chi connectivity index (χ0v) is 40.2. The molecular formula is C56H45F10NO10. The molecule has 0 saturated heterocycles. The Bertz CT molecular complexity index is 3030. The highest BCUT2D eigenvalue weighted by Gasteiger charge is 2.57. The van der Waals surface area contributed by atoms with Crippen molar-refractivity contribution in [1.82, 2.24) is 0 Å². The minimum absolute atomic E-state index is 0.105. The van der Waals surface area contributed by atoms with Crippen LogP contribution in [0, 0.1) is 0 Å². The van der Waals surface area contributed by atoms with E-state index >= 15 is 0 Å². The molecule has 77 heavy (non-hydrogen) atoms. The number of ether oxygens (including phenoxy) is 6. The third-order valence-electron chi connectivity index (χ3n) is 11.0. The summed E-state index contributed by atoms with van der Waals surface area (Å²) in [5.41, 5.74) is 10.3. The lowest BCUT2D eigenvalue weighted by Crippen LogP contribution is -2.36. The van der Waals surface area contributed by atoms with Crippen molar-refractivity contribution >= 4 is 41.7 Å². The Kier molecular flexibility index (Phi) is 19.3. The summed E-state index contributed by atoms with van der Waals surface area (Å²) in [6.07, 6.45) is -9.88. The first-order chi connectivity index (χ1) is 36.5. The number of hydrogen-bond acceptors (Lipinski definition) is 11. The number of esters is 4. The van der Waals surface area contributed by atoms with Crippen LogP contribution in [0.5, 0.6) is 23.0 Å². The Hall–Kier alpha value is -8.62. The normalized spacial score (nSPS) is 12.1. The van der Waals surface area contributed by atoms with Gasteiger partial charge in [-0.2, -0.15) is 43.9 Å². The third-order valence-corrected chi connectivity index (χ3v) is 11.0. The van der Waals surface area contributed by atoms with Gasteiger partial charge < -0.3 is 34.2 Å². The zero-order valence-electron chi connectivity index (χ0n) is 40.2. The summed E-state index contributed by atoms with van der Waals surface area (Å²) >= 11 is 0. The number of carbonyl (C=O) groups excluding carboxylic acids is 4. The highest BCUT2D eigenvalue weighted by Crippen LogP contribution is 2.40. The minimum atomic E-state index is -5.65. The Balaban J connectivity index is 0.941. The molecule has 0 aliphatic heterocycles. The van der Waals surface area contributed by atoms with Crippen molar-refractivity contribution in [2.24, 2.45) is 0 Å². The predicted octanol–water partition coefficient (Wildman–Crippen LogP) is 13.6. The summed E-state index contributed by atoms with van der Waals surface area (Å²) < 4.78 is 159. The number of anilines is 1. The molecule has 0 spiro atoms. The maximum atomic E-state index is 13.1. The molecule has 0 bridgehead atoms. The van der Waals surface area contributed by atoms with E-state index in [-0.39, 0.29) is 47.3 Å². The molecule has 0 fully saturated rings. The summed E-state index contributed by atoms with van der Waals surface area (Å²) in [4.78, 5) is 51.0. The number of nitrogen functional groups attached to an aromatic ring is 1. The molecule has 0 saturated carbocycles. The monoisotopic (exact) mass is 1080 g/mol. The van der Waals surface area contributed by atoms with Gasteiger partial charge in [0.2, 0.25) is 0 Å². The van der Waals surface area contributed by atoms with Gasteiger partial charge in [-0.1, -0.05) is 54.6 Å². The molecule has 6 rings (SSSR count). The lowest BCUT2D eigenvalue weighted by Gasteiger charge is -2.19. The van der Waals surface area contributed by atoms with Crippen molar-refractivity contribution < 1.29 is 91.5 Å². The van der Waals surface area contributed by atoms with Gasteiger partial charge in [0.05, 0.1) is 24.3 Å². The SMILES string of the molecule is Nc1ccc(-c2ccccc2COC(=O)/C=C/c2ccc(OC(=O)c3ccc(OCCCC(F)(F)C(F)(F)F)cc3)cc2)c(COC(=O)/C=C/c2ccc(OC(=O)c3ccc(OCCCC(F)(F)C(F)(F)F)cc3)cc2)c1. The van der Waals surface area contributed by atoms with Crippen molar-refractivity contribution in [3.63, 3.8) is 0 Å². The molecule has 6 aromatic carbocycles. The van der Waals surface area contributed by atoms with Crippen molar-refractivity contribution in [2.45, 2.75) is 63.1 Å². The topological polar surface area (TPSA) is 150 Å². The molecule has 0 atom stereocenters. The predicted molar refractivity (Wildman–Crippen MR) is 261 cm³/mol. The van der Waals surface area contributed by atoms with E-state index in [1.165, 1.54) is 97.1 Å². The molecule has 11 nitrogen and oxygen atoms in total. The summed E-state index contributed by atoms with van der Waals surface area (Å²) in [6, 6.07) is 35.1. The molecule has 0 aliphatic rings. The Morgan fingerprint density at radius 1 is 0.455 bits per heavy atom. The van der Waals surface area contributed by atoms with Crippen LogP contribution in [0.3, 0.4) is 0 Å². The summed E-state index contributed by atoms with van der Waals surface area (Å²) in [7, 11) is 0. The highest BCUT2D eigenvalue weighted by molar-refractivity contribution is 5.92. The Labute approximate surface area is 433 Å². The van der Waals surface area contributed by atoms with E-state index in [9.17, 15) is 63.1 Å². The Morgan fingerprint density at radius 3 is 1.27 bits per heavy atom. The number of benzene rings is 6. The number of alkyl halides is 10. The van der Waals surface area contributed by atoms with Gasteiger partial charge in [0.25, 0.3) is 0 Å². The van der Waals surface area contributed by atoms with E-state index < -0.39 is 87.0 Å². The molecule has 6 aromatic rings.